The number of alkyl halides is 3. The topological polar surface area (TPSA) is 62.0 Å². The Bertz CT molecular complexity index is 449. The van der Waals surface area contributed by atoms with Crippen LogP contribution in [-0.2, 0) is 11.3 Å². The van der Waals surface area contributed by atoms with Gasteiger partial charge in [0.25, 0.3) is 0 Å². The molecule has 0 fully saturated rings. The SMILES string of the molecule is Cc1[nH]c(C=O)c(C)c1CNC(=O)C(F)(F)F. The Balaban J connectivity index is 2.80. The van der Waals surface area contributed by atoms with Gasteiger partial charge in [-0.3, -0.25) is 9.59 Å². The fourth-order valence-electron chi connectivity index (χ4n) is 1.47. The summed E-state index contributed by atoms with van der Waals surface area (Å²) in [5.74, 6) is -2.00. The van der Waals surface area contributed by atoms with Crippen molar-refractivity contribution in [1.82, 2.24) is 10.3 Å². The van der Waals surface area contributed by atoms with Gasteiger partial charge in [0.15, 0.2) is 6.29 Å². The Hall–Kier alpha value is -1.79. The highest BCUT2D eigenvalue weighted by atomic mass is 19.4. The third kappa shape index (κ3) is 2.86. The second kappa shape index (κ2) is 4.60. The predicted molar refractivity (Wildman–Crippen MR) is 53.6 cm³/mol. The number of aromatic nitrogens is 1. The number of hydrogen-bond acceptors (Lipinski definition) is 2. The van der Waals surface area contributed by atoms with E-state index in [0.29, 0.717) is 28.8 Å². The molecule has 1 aromatic heterocycles. The molecule has 1 aromatic rings. The molecule has 4 nitrogen and oxygen atoms in total. The molecule has 0 saturated heterocycles. The molecule has 1 amide bonds. The van der Waals surface area contributed by atoms with Crippen molar-refractivity contribution in [3.8, 4) is 0 Å². The molecule has 0 bridgehead atoms. The number of aromatic amines is 1. The van der Waals surface area contributed by atoms with E-state index in [2.05, 4.69) is 4.98 Å². The van der Waals surface area contributed by atoms with E-state index in [1.165, 1.54) is 0 Å². The van der Waals surface area contributed by atoms with Crippen LogP contribution in [0.2, 0.25) is 0 Å². The Kier molecular flexibility index (Phi) is 3.59. The Morgan fingerprint density at radius 3 is 2.41 bits per heavy atom. The lowest BCUT2D eigenvalue weighted by atomic mass is 10.1. The van der Waals surface area contributed by atoms with E-state index in [4.69, 9.17) is 0 Å². The number of hydrogen-bond donors (Lipinski definition) is 2. The number of aryl methyl sites for hydroxylation is 1. The maximum atomic E-state index is 11.9. The van der Waals surface area contributed by atoms with Crippen LogP contribution < -0.4 is 5.32 Å². The van der Waals surface area contributed by atoms with Crippen molar-refractivity contribution in [2.45, 2.75) is 26.6 Å². The van der Waals surface area contributed by atoms with Crippen molar-refractivity contribution in [2.24, 2.45) is 0 Å². The monoisotopic (exact) mass is 248 g/mol. The number of aldehydes is 1. The van der Waals surface area contributed by atoms with Crippen LogP contribution in [0.15, 0.2) is 0 Å². The predicted octanol–water partition coefficient (Wildman–Crippen LogP) is 1.62. The number of rotatable bonds is 3. The Morgan fingerprint density at radius 2 is 2.00 bits per heavy atom. The molecule has 7 heteroatoms. The number of halogens is 3. The van der Waals surface area contributed by atoms with Crippen LogP contribution in [0.1, 0.15) is 27.3 Å². The fraction of sp³-hybridized carbons (Fsp3) is 0.400. The van der Waals surface area contributed by atoms with Crippen LogP contribution in [0, 0.1) is 13.8 Å². The van der Waals surface area contributed by atoms with Gasteiger partial charge >= 0.3 is 12.1 Å². The van der Waals surface area contributed by atoms with E-state index in [-0.39, 0.29) is 6.54 Å². The molecule has 0 spiro atoms. The number of H-pyrrole nitrogens is 1. The average molecular weight is 248 g/mol. The first-order valence-corrected chi connectivity index (χ1v) is 4.75. The van der Waals surface area contributed by atoms with E-state index in [0.717, 1.165) is 0 Å². The third-order valence-corrected chi connectivity index (χ3v) is 2.43. The summed E-state index contributed by atoms with van der Waals surface area (Å²) in [6.07, 6.45) is -4.32. The van der Waals surface area contributed by atoms with Crippen LogP contribution in [0.4, 0.5) is 13.2 Å². The van der Waals surface area contributed by atoms with Gasteiger partial charge in [0.2, 0.25) is 0 Å². The van der Waals surface area contributed by atoms with Gasteiger partial charge < -0.3 is 10.3 Å². The summed E-state index contributed by atoms with van der Waals surface area (Å²) in [7, 11) is 0. The van der Waals surface area contributed by atoms with Crippen LogP contribution >= 0.6 is 0 Å². The maximum Gasteiger partial charge on any atom is 0.471 e. The summed E-state index contributed by atoms with van der Waals surface area (Å²) in [4.78, 5) is 23.9. The Morgan fingerprint density at radius 1 is 1.41 bits per heavy atom. The molecule has 17 heavy (non-hydrogen) atoms. The van der Waals surface area contributed by atoms with E-state index in [1.807, 2.05) is 0 Å². The van der Waals surface area contributed by atoms with E-state index < -0.39 is 12.1 Å². The lowest BCUT2D eigenvalue weighted by molar-refractivity contribution is -0.173. The van der Waals surface area contributed by atoms with Crippen molar-refractivity contribution in [1.29, 1.82) is 0 Å². The standard InChI is InChI=1S/C10H11F3N2O2/c1-5-7(6(2)15-8(5)4-16)3-14-9(17)10(11,12)13/h4,15H,3H2,1-2H3,(H,14,17). The molecule has 1 heterocycles. The second-order valence-corrected chi connectivity index (χ2v) is 3.57. The van der Waals surface area contributed by atoms with Crippen LogP contribution in [0.25, 0.3) is 0 Å². The minimum absolute atomic E-state index is 0.264. The van der Waals surface area contributed by atoms with Gasteiger partial charge in [-0.15, -0.1) is 0 Å². The van der Waals surface area contributed by atoms with Gasteiger partial charge in [-0.05, 0) is 25.0 Å². The molecular formula is C10H11F3N2O2. The smallest absolute Gasteiger partial charge is 0.356 e. The maximum absolute atomic E-state index is 11.9. The summed E-state index contributed by atoms with van der Waals surface area (Å²) < 4.78 is 35.8. The van der Waals surface area contributed by atoms with Gasteiger partial charge in [-0.1, -0.05) is 0 Å². The summed E-state index contributed by atoms with van der Waals surface area (Å²) >= 11 is 0. The molecule has 0 saturated carbocycles. The highest BCUT2D eigenvalue weighted by molar-refractivity contribution is 5.82. The number of amides is 1. The molecule has 2 N–H and O–H groups in total. The van der Waals surface area contributed by atoms with Crippen LogP contribution in [0.5, 0.6) is 0 Å². The first kappa shape index (κ1) is 13.3. The zero-order chi connectivity index (χ0) is 13.2. The summed E-state index contributed by atoms with van der Waals surface area (Å²) in [6, 6.07) is 0. The van der Waals surface area contributed by atoms with E-state index in [1.54, 1.807) is 19.2 Å². The summed E-state index contributed by atoms with van der Waals surface area (Å²) in [6.45, 7) is 2.96. The number of nitrogens with one attached hydrogen (secondary N) is 2. The van der Waals surface area contributed by atoms with Crippen molar-refractivity contribution < 1.29 is 22.8 Å². The normalized spacial score (nSPS) is 11.4. The molecular weight excluding hydrogens is 237 g/mol. The minimum atomic E-state index is -4.90. The fourth-order valence-corrected chi connectivity index (χ4v) is 1.47. The minimum Gasteiger partial charge on any atom is -0.356 e. The summed E-state index contributed by atoms with van der Waals surface area (Å²) in [5, 5.41) is 1.76. The molecule has 1 rings (SSSR count). The van der Waals surface area contributed by atoms with E-state index in [9.17, 15) is 22.8 Å². The average Bonchev–Trinajstić information content (AvgIpc) is 2.49. The number of carbonyl (C=O) groups excluding carboxylic acids is 2. The van der Waals surface area contributed by atoms with Crippen LogP contribution in [-0.4, -0.2) is 23.4 Å². The van der Waals surface area contributed by atoms with E-state index >= 15 is 0 Å². The van der Waals surface area contributed by atoms with Gasteiger partial charge in [0.1, 0.15) is 0 Å². The van der Waals surface area contributed by atoms with Crippen molar-refractivity contribution in [2.75, 3.05) is 0 Å². The van der Waals surface area contributed by atoms with Crippen LogP contribution in [0.3, 0.4) is 0 Å². The van der Waals surface area contributed by atoms with Gasteiger partial charge in [0.05, 0.1) is 5.69 Å². The molecule has 0 aliphatic rings. The zero-order valence-electron chi connectivity index (χ0n) is 9.23. The molecule has 94 valence electrons. The molecule has 0 aromatic carbocycles. The highest BCUT2D eigenvalue weighted by Gasteiger charge is 2.38. The van der Waals surface area contributed by atoms with Crippen molar-refractivity contribution >= 4 is 12.2 Å². The lowest BCUT2D eigenvalue weighted by Crippen LogP contribution is -2.36. The first-order chi connectivity index (χ1) is 7.77. The largest absolute Gasteiger partial charge is 0.471 e. The molecule has 0 unspecified atom stereocenters. The third-order valence-electron chi connectivity index (χ3n) is 2.43. The lowest BCUT2D eigenvalue weighted by Gasteiger charge is -2.08. The zero-order valence-corrected chi connectivity index (χ0v) is 9.23. The highest BCUT2D eigenvalue weighted by Crippen LogP contribution is 2.18. The van der Waals surface area contributed by atoms with Crippen molar-refractivity contribution in [3.63, 3.8) is 0 Å². The molecule has 0 aliphatic carbocycles. The Labute approximate surface area is 95.2 Å². The van der Waals surface area contributed by atoms with Gasteiger partial charge in [-0.25, -0.2) is 0 Å². The van der Waals surface area contributed by atoms with Gasteiger partial charge in [-0.2, -0.15) is 13.2 Å². The molecule has 0 radical (unpaired) electrons. The quantitative estimate of drug-likeness (QED) is 0.798. The second-order valence-electron chi connectivity index (χ2n) is 3.57. The number of carbonyl (C=O) groups is 2. The first-order valence-electron chi connectivity index (χ1n) is 4.75. The molecule has 0 aliphatic heterocycles. The summed E-state index contributed by atoms with van der Waals surface area (Å²) in [5.41, 5.74) is 1.90. The molecule has 0 atom stereocenters. The van der Waals surface area contributed by atoms with Crippen molar-refractivity contribution in [3.05, 3.63) is 22.5 Å². The van der Waals surface area contributed by atoms with Gasteiger partial charge in [0, 0.05) is 12.2 Å².